The Morgan fingerprint density at radius 1 is 1.10 bits per heavy atom. The van der Waals surface area contributed by atoms with E-state index in [9.17, 15) is 14.4 Å². The molecular formula is C15H16O5. The lowest BCUT2D eigenvalue weighted by molar-refractivity contribution is -0.158. The summed E-state index contributed by atoms with van der Waals surface area (Å²) in [7, 11) is 1.25. The number of carbonyl (C=O) groups excluding carboxylic acids is 3. The van der Waals surface area contributed by atoms with Crippen LogP contribution in [0.25, 0.3) is 0 Å². The Labute approximate surface area is 116 Å². The van der Waals surface area contributed by atoms with Gasteiger partial charge in [-0.25, -0.2) is 0 Å². The molecule has 5 heteroatoms. The maximum Gasteiger partial charge on any atom is 0.310 e. The topological polar surface area (TPSA) is 69.7 Å². The molecule has 106 valence electrons. The maximum atomic E-state index is 12.0. The summed E-state index contributed by atoms with van der Waals surface area (Å²) >= 11 is 0. The van der Waals surface area contributed by atoms with Crippen LogP contribution in [0.2, 0.25) is 0 Å². The van der Waals surface area contributed by atoms with E-state index in [0.717, 1.165) is 5.56 Å². The highest BCUT2D eigenvalue weighted by Crippen LogP contribution is 2.31. The average Bonchev–Trinajstić information content (AvgIpc) is 2.87. The molecule has 20 heavy (non-hydrogen) atoms. The normalized spacial score (nSPS) is 21.6. The van der Waals surface area contributed by atoms with Crippen LogP contribution in [0.3, 0.4) is 0 Å². The van der Waals surface area contributed by atoms with E-state index < -0.39 is 23.8 Å². The molecule has 0 spiro atoms. The summed E-state index contributed by atoms with van der Waals surface area (Å²) in [4.78, 5) is 35.0. The van der Waals surface area contributed by atoms with Crippen molar-refractivity contribution in [2.24, 2.45) is 11.8 Å². The maximum absolute atomic E-state index is 12.0. The Morgan fingerprint density at radius 3 is 2.30 bits per heavy atom. The number of benzene rings is 1. The summed E-state index contributed by atoms with van der Waals surface area (Å²) in [6, 6.07) is 9.24. The molecule has 1 aromatic rings. The fourth-order valence-electron chi connectivity index (χ4n) is 2.34. The van der Waals surface area contributed by atoms with Crippen molar-refractivity contribution in [1.82, 2.24) is 0 Å². The van der Waals surface area contributed by atoms with Gasteiger partial charge in [-0.1, -0.05) is 30.3 Å². The minimum atomic E-state index is -0.723. The number of esters is 2. The van der Waals surface area contributed by atoms with Gasteiger partial charge in [-0.3, -0.25) is 14.4 Å². The minimum absolute atomic E-state index is 0.0490. The van der Waals surface area contributed by atoms with Gasteiger partial charge in [-0.05, 0) is 5.56 Å². The summed E-state index contributed by atoms with van der Waals surface area (Å²) in [5, 5.41) is 0. The average molecular weight is 276 g/mol. The predicted octanol–water partition coefficient (Wildman–Crippen LogP) is 1.50. The molecule has 1 aliphatic rings. The van der Waals surface area contributed by atoms with Gasteiger partial charge in [0.25, 0.3) is 0 Å². The second kappa shape index (κ2) is 6.32. The standard InChI is InChI=1S/C15H16O5/c1-19-14(17)12-7-11(16)8-13(12)15(18)20-9-10-5-3-2-4-6-10/h2-6,12-13H,7-9H2,1H3/t12-,13?/m1/s1. The molecule has 1 fully saturated rings. The van der Waals surface area contributed by atoms with E-state index in [0.29, 0.717) is 0 Å². The SMILES string of the molecule is COC(=O)[C@@H]1CC(=O)CC1C(=O)OCc1ccccc1. The van der Waals surface area contributed by atoms with Gasteiger partial charge in [0, 0.05) is 12.8 Å². The van der Waals surface area contributed by atoms with E-state index in [1.165, 1.54) is 7.11 Å². The molecule has 0 radical (unpaired) electrons. The van der Waals surface area contributed by atoms with Crippen molar-refractivity contribution in [1.29, 1.82) is 0 Å². The van der Waals surface area contributed by atoms with Gasteiger partial charge >= 0.3 is 11.9 Å². The molecule has 2 atom stereocenters. The quantitative estimate of drug-likeness (QED) is 0.779. The molecule has 0 amide bonds. The first-order valence-corrected chi connectivity index (χ1v) is 6.42. The predicted molar refractivity (Wildman–Crippen MR) is 69.5 cm³/mol. The highest BCUT2D eigenvalue weighted by molar-refractivity contribution is 5.95. The van der Waals surface area contributed by atoms with Crippen molar-refractivity contribution in [3.05, 3.63) is 35.9 Å². The van der Waals surface area contributed by atoms with Crippen molar-refractivity contribution in [3.8, 4) is 0 Å². The zero-order valence-corrected chi connectivity index (χ0v) is 11.2. The molecule has 1 aromatic carbocycles. The van der Waals surface area contributed by atoms with Gasteiger partial charge in [-0.15, -0.1) is 0 Å². The molecule has 0 saturated heterocycles. The third-order valence-corrected chi connectivity index (χ3v) is 3.41. The van der Waals surface area contributed by atoms with Crippen LogP contribution in [0, 0.1) is 11.8 Å². The number of methoxy groups -OCH3 is 1. The third-order valence-electron chi connectivity index (χ3n) is 3.41. The van der Waals surface area contributed by atoms with E-state index in [1.807, 2.05) is 30.3 Å². The second-order valence-corrected chi connectivity index (χ2v) is 4.78. The number of rotatable bonds is 4. The molecule has 1 saturated carbocycles. The Hall–Kier alpha value is -2.17. The minimum Gasteiger partial charge on any atom is -0.469 e. The van der Waals surface area contributed by atoms with Crippen molar-refractivity contribution in [2.45, 2.75) is 19.4 Å². The molecular weight excluding hydrogens is 260 g/mol. The van der Waals surface area contributed by atoms with Crippen molar-refractivity contribution >= 4 is 17.7 Å². The van der Waals surface area contributed by atoms with Gasteiger partial charge in [0.15, 0.2) is 0 Å². The van der Waals surface area contributed by atoms with E-state index in [1.54, 1.807) is 0 Å². The second-order valence-electron chi connectivity index (χ2n) is 4.78. The largest absolute Gasteiger partial charge is 0.469 e. The number of ether oxygens (including phenoxy) is 2. The number of carbonyl (C=O) groups is 3. The van der Waals surface area contributed by atoms with Gasteiger partial charge in [0.2, 0.25) is 0 Å². The van der Waals surface area contributed by atoms with Crippen molar-refractivity contribution < 1.29 is 23.9 Å². The summed E-state index contributed by atoms with van der Waals surface area (Å²) in [5.74, 6) is -2.59. The smallest absolute Gasteiger partial charge is 0.310 e. The number of ketones is 1. The highest BCUT2D eigenvalue weighted by atomic mass is 16.5. The molecule has 2 rings (SSSR count). The highest BCUT2D eigenvalue weighted by Gasteiger charge is 2.43. The fraction of sp³-hybridized carbons (Fsp3) is 0.400. The molecule has 0 bridgehead atoms. The van der Waals surface area contributed by atoms with Crippen LogP contribution in [0.15, 0.2) is 30.3 Å². The van der Waals surface area contributed by atoms with E-state index in [-0.39, 0.29) is 25.2 Å². The molecule has 1 unspecified atom stereocenters. The third kappa shape index (κ3) is 3.23. The van der Waals surface area contributed by atoms with Crippen LogP contribution < -0.4 is 0 Å². The zero-order chi connectivity index (χ0) is 14.5. The van der Waals surface area contributed by atoms with Gasteiger partial charge in [0.1, 0.15) is 12.4 Å². The molecule has 0 heterocycles. The fourth-order valence-corrected chi connectivity index (χ4v) is 2.34. The van der Waals surface area contributed by atoms with Gasteiger partial charge in [0.05, 0.1) is 18.9 Å². The van der Waals surface area contributed by atoms with Crippen molar-refractivity contribution in [2.75, 3.05) is 7.11 Å². The van der Waals surface area contributed by atoms with Crippen LogP contribution in [0.4, 0.5) is 0 Å². The van der Waals surface area contributed by atoms with E-state index >= 15 is 0 Å². The first-order chi connectivity index (χ1) is 9.61. The van der Waals surface area contributed by atoms with E-state index in [4.69, 9.17) is 4.74 Å². The first kappa shape index (κ1) is 14.2. The zero-order valence-electron chi connectivity index (χ0n) is 11.2. The van der Waals surface area contributed by atoms with E-state index in [2.05, 4.69) is 4.74 Å². The van der Waals surface area contributed by atoms with Crippen LogP contribution in [-0.4, -0.2) is 24.8 Å². The number of hydrogen-bond donors (Lipinski definition) is 0. The molecule has 1 aliphatic carbocycles. The Morgan fingerprint density at radius 2 is 1.70 bits per heavy atom. The van der Waals surface area contributed by atoms with Crippen LogP contribution >= 0.6 is 0 Å². The molecule has 0 N–H and O–H groups in total. The van der Waals surface area contributed by atoms with Crippen molar-refractivity contribution in [3.63, 3.8) is 0 Å². The van der Waals surface area contributed by atoms with Crippen LogP contribution in [0.1, 0.15) is 18.4 Å². The van der Waals surface area contributed by atoms with Crippen LogP contribution in [0.5, 0.6) is 0 Å². The Kier molecular flexibility index (Phi) is 4.50. The summed E-state index contributed by atoms with van der Waals surface area (Å²) in [6.07, 6.45) is 0.102. The molecule has 0 aliphatic heterocycles. The molecule has 5 nitrogen and oxygen atoms in total. The lowest BCUT2D eigenvalue weighted by Gasteiger charge is -2.15. The first-order valence-electron chi connectivity index (χ1n) is 6.42. The Bertz CT molecular complexity index is 508. The summed E-state index contributed by atoms with van der Waals surface area (Å²) < 4.78 is 9.81. The summed E-state index contributed by atoms with van der Waals surface area (Å²) in [6.45, 7) is 0.137. The van der Waals surface area contributed by atoms with Gasteiger partial charge in [-0.2, -0.15) is 0 Å². The van der Waals surface area contributed by atoms with Gasteiger partial charge < -0.3 is 9.47 Å². The lowest BCUT2D eigenvalue weighted by Crippen LogP contribution is -2.27. The monoisotopic (exact) mass is 276 g/mol. The van der Waals surface area contributed by atoms with Crippen LogP contribution in [-0.2, 0) is 30.5 Å². The number of hydrogen-bond acceptors (Lipinski definition) is 5. The number of Topliss-reactive ketones (excluding diaryl/α,β-unsaturated/α-hetero) is 1. The summed E-state index contributed by atoms with van der Waals surface area (Å²) in [5.41, 5.74) is 0.861. The molecule has 0 aromatic heterocycles. The lowest BCUT2D eigenvalue weighted by atomic mass is 9.96. The Balaban J connectivity index is 1.97.